The number of rotatable bonds is 0. The van der Waals surface area contributed by atoms with Gasteiger partial charge in [-0.2, -0.15) is 0 Å². The molecule has 0 aliphatic rings. The second kappa shape index (κ2) is 16.7. The minimum atomic E-state index is 0. The Morgan fingerprint density at radius 3 is 0.750 bits per heavy atom. The zero-order chi connectivity index (χ0) is 0. The number of nitrogens with two attached hydrogens (primary N) is 1. The fourth-order valence-electron chi connectivity index (χ4n) is 0. The first-order chi connectivity index (χ1) is 0. The van der Waals surface area contributed by atoms with E-state index in [9.17, 15) is 0 Å². The Balaban J connectivity index is 0. The van der Waals surface area contributed by atoms with Crippen molar-refractivity contribution in [3.63, 3.8) is 0 Å². The van der Waals surface area contributed by atoms with Gasteiger partial charge >= 0.3 is 29.6 Å². The van der Waals surface area contributed by atoms with E-state index in [-0.39, 0.29) is 94.8 Å². The van der Waals surface area contributed by atoms with Gasteiger partial charge in [-0.25, -0.2) is 0 Å². The van der Waals surface area contributed by atoms with Gasteiger partial charge in [-0.3, -0.25) is 0 Å². The summed E-state index contributed by atoms with van der Waals surface area (Å²) < 4.78 is 0. The van der Waals surface area contributed by atoms with Crippen molar-refractivity contribution >= 4 is 59.1 Å². The Morgan fingerprint density at radius 1 is 0.750 bits per heavy atom. The van der Waals surface area contributed by atoms with Crippen LogP contribution in [0.3, 0.4) is 0 Å². The summed E-state index contributed by atoms with van der Waals surface area (Å²) in [7, 11) is 0. The minimum absolute atomic E-state index is 0. The summed E-state index contributed by atoms with van der Waals surface area (Å²) in [5.74, 6) is 0. The van der Waals surface area contributed by atoms with E-state index >= 15 is 0 Å². The van der Waals surface area contributed by atoms with E-state index in [2.05, 4.69) is 0 Å². The van der Waals surface area contributed by atoms with Gasteiger partial charge < -0.3 is 6.15 Å². The fraction of sp³-hybridized carbons (Fsp3) is 0. The predicted molar refractivity (Wildman–Crippen MR) is 16.8 cm³/mol. The average Bonchev–Trinajstić information content (AvgIpc) is 0. The van der Waals surface area contributed by atoms with Crippen LogP contribution < -0.4 is 29.6 Å². The van der Waals surface area contributed by atoms with E-state index in [4.69, 9.17) is 0 Å². The first-order valence-electron chi connectivity index (χ1n) is 0. The second-order valence-corrected chi connectivity index (χ2v) is 0. The van der Waals surface area contributed by atoms with Gasteiger partial charge in [-0.05, 0) is 0 Å². The van der Waals surface area contributed by atoms with Crippen LogP contribution in [0.5, 0.6) is 0 Å². The van der Waals surface area contributed by atoms with Crippen LogP contribution in [0.1, 0.15) is 0 Å². The summed E-state index contributed by atoms with van der Waals surface area (Å²) >= 11 is 0. The monoisotopic (exact) mass is 85.0 g/mol. The molecule has 0 aromatic rings. The van der Waals surface area contributed by atoms with Crippen LogP contribution in [-0.2, 0) is 0 Å². The van der Waals surface area contributed by atoms with Gasteiger partial charge in [0.25, 0.3) is 0 Å². The van der Waals surface area contributed by atoms with Crippen molar-refractivity contribution in [2.45, 2.75) is 0 Å². The van der Waals surface area contributed by atoms with Gasteiger partial charge in [0.2, 0.25) is 0 Å². The molecule has 4 heteroatoms. The summed E-state index contributed by atoms with van der Waals surface area (Å²) in [6.45, 7) is 0. The molecule has 0 aromatic carbocycles. The molecule has 4 heavy (non-hydrogen) atoms. The molecule has 0 spiro atoms. The summed E-state index contributed by atoms with van der Waals surface area (Å²) in [6.07, 6.45) is 0. The maximum atomic E-state index is 0. The van der Waals surface area contributed by atoms with E-state index < -0.39 is 0 Å². The van der Waals surface area contributed by atoms with Crippen LogP contribution >= 0.6 is 0 Å². The van der Waals surface area contributed by atoms with Crippen molar-refractivity contribution < 1.29 is 29.6 Å². The molecule has 0 rings (SSSR count). The molecule has 0 aliphatic carbocycles. The van der Waals surface area contributed by atoms with Crippen LogP contribution in [0, 0.1) is 0 Å². The topological polar surface area (TPSA) is 33.5 Å². The first-order valence-corrected chi connectivity index (χ1v) is 0. The van der Waals surface area contributed by atoms with E-state index in [1.807, 2.05) is 0 Å². The van der Waals surface area contributed by atoms with Crippen LogP contribution in [0.4, 0.5) is 0 Å². The summed E-state index contributed by atoms with van der Waals surface area (Å²) in [5, 5.41) is 0. The Morgan fingerprint density at radius 2 is 0.750 bits per heavy atom. The molecule has 0 aliphatic heterocycles. The third-order valence-electron chi connectivity index (χ3n) is 0. The average molecular weight is 85.0 g/mol. The molecule has 1 nitrogen and oxygen atoms in total. The molecule has 0 saturated carbocycles. The van der Waals surface area contributed by atoms with Gasteiger partial charge in [0.15, 0.2) is 0 Å². The van der Waals surface area contributed by atoms with Crippen LogP contribution in [-0.4, -0.2) is 59.1 Å². The summed E-state index contributed by atoms with van der Waals surface area (Å²) in [5.41, 5.74) is 0. The van der Waals surface area contributed by atoms with Gasteiger partial charge in [0.1, 0.15) is 0 Å². The number of hydrogen-bond donors (Lipinski definition) is 0. The normalized spacial score (nSPS) is 0. The Labute approximate surface area is 92.7 Å². The maximum absolute atomic E-state index is 0. The van der Waals surface area contributed by atoms with Gasteiger partial charge in [-0.15, -0.1) is 0 Å². The molecule has 2 radical (unpaired) electrons. The summed E-state index contributed by atoms with van der Waals surface area (Å²) in [4.78, 5) is 0. The molecule has 0 atom stereocenters. The molecule has 10 valence electrons. The molecule has 2 N–H and O–H groups in total. The van der Waals surface area contributed by atoms with E-state index in [1.54, 1.807) is 0 Å². The van der Waals surface area contributed by atoms with Crippen molar-refractivity contribution in [3.8, 4) is 0 Å². The minimum Gasteiger partial charge on any atom is -0.693 e. The summed E-state index contributed by atoms with van der Waals surface area (Å²) in [6, 6.07) is 0. The zero-order valence-corrected chi connectivity index (χ0v) is 9.58. The molecule has 0 aromatic heterocycles. The third kappa shape index (κ3) is 8.88. The molecule has 0 amide bonds. The largest absolute Gasteiger partial charge is 1.00 e. The van der Waals surface area contributed by atoms with Gasteiger partial charge in [0, 0.05) is 59.1 Å². The van der Waals surface area contributed by atoms with E-state index in [0.29, 0.717) is 0 Å². The Hall–Kier alpha value is 2.96. The van der Waals surface area contributed by atoms with Crippen molar-refractivity contribution in [1.82, 2.24) is 0 Å². The molecule has 0 bridgehead atoms. The standard InChI is InChI=1S/H2N.3Na/h1H2;;;/q-1;;;+1. The smallest absolute Gasteiger partial charge is 0.693 e. The second-order valence-electron chi connectivity index (χ2n) is 0. The first kappa shape index (κ1) is 28.2. The molecule has 0 heterocycles. The molecular weight excluding hydrogens is 83.0 g/mol. The SMILES string of the molecule is [NH2-].[Na+].[Na].[Na]. The van der Waals surface area contributed by atoms with E-state index in [1.165, 1.54) is 0 Å². The molecule has 0 fully saturated rings. The molecule has 0 unspecified atom stereocenters. The predicted octanol–water partition coefficient (Wildman–Crippen LogP) is -3.04. The van der Waals surface area contributed by atoms with Crippen molar-refractivity contribution in [2.75, 3.05) is 0 Å². The Kier molecular flexibility index (Phi) is 118. The van der Waals surface area contributed by atoms with Crippen LogP contribution in [0.25, 0.3) is 6.15 Å². The maximum Gasteiger partial charge on any atom is 1.00 e. The van der Waals surface area contributed by atoms with Crippen molar-refractivity contribution in [1.29, 1.82) is 0 Å². The number of hydrogen-bond acceptors (Lipinski definition) is 0. The van der Waals surface area contributed by atoms with Crippen LogP contribution in [0.2, 0.25) is 0 Å². The van der Waals surface area contributed by atoms with E-state index in [0.717, 1.165) is 0 Å². The molecule has 0 saturated heterocycles. The Bertz CT molecular complexity index is 3.25. The third-order valence-corrected chi connectivity index (χ3v) is 0. The van der Waals surface area contributed by atoms with Gasteiger partial charge in [0.05, 0.1) is 0 Å². The quantitative estimate of drug-likeness (QED) is 0.280. The van der Waals surface area contributed by atoms with Crippen molar-refractivity contribution in [2.24, 2.45) is 0 Å². The fourth-order valence-corrected chi connectivity index (χ4v) is 0. The van der Waals surface area contributed by atoms with Gasteiger partial charge in [-0.1, -0.05) is 0 Å². The zero-order valence-electron chi connectivity index (χ0n) is 3.58. The van der Waals surface area contributed by atoms with Crippen LogP contribution in [0.15, 0.2) is 0 Å². The van der Waals surface area contributed by atoms with Crippen molar-refractivity contribution in [3.05, 3.63) is 6.15 Å². The molecular formula is H2NNa3.